The summed E-state index contributed by atoms with van der Waals surface area (Å²) in [4.78, 5) is 18.9. The van der Waals surface area contributed by atoms with Gasteiger partial charge in [0.25, 0.3) is 0 Å². The van der Waals surface area contributed by atoms with Gasteiger partial charge in [-0.1, -0.05) is 19.1 Å². The second-order valence-electron chi connectivity index (χ2n) is 7.36. The van der Waals surface area contributed by atoms with Crippen LogP contribution in [0.3, 0.4) is 0 Å². The molecule has 0 unspecified atom stereocenters. The number of halogens is 1. The van der Waals surface area contributed by atoms with Crippen LogP contribution in [-0.2, 0) is 13.0 Å². The number of nitrogens with one attached hydrogen (secondary N) is 1. The van der Waals surface area contributed by atoms with Crippen molar-refractivity contribution >= 4 is 57.6 Å². The maximum atomic E-state index is 4.91. The molecule has 168 valence electrons. The number of benzene rings is 1. The highest BCUT2D eigenvalue weighted by molar-refractivity contribution is 14.0. The van der Waals surface area contributed by atoms with Gasteiger partial charge in [-0.3, -0.25) is 4.99 Å². The Hall–Kier alpha value is -1.95. The first-order valence-electron chi connectivity index (χ1n) is 10.7. The lowest BCUT2D eigenvalue weighted by atomic mass is 10.3. The molecule has 0 spiro atoms. The third kappa shape index (κ3) is 5.46. The summed E-state index contributed by atoms with van der Waals surface area (Å²) >= 11 is 1.51. The van der Waals surface area contributed by atoms with Crippen molar-refractivity contribution in [3.05, 3.63) is 35.9 Å². The van der Waals surface area contributed by atoms with E-state index in [0.29, 0.717) is 0 Å². The van der Waals surface area contributed by atoms with Crippen molar-refractivity contribution in [2.45, 2.75) is 33.7 Å². The molecule has 0 bridgehead atoms. The van der Waals surface area contributed by atoms with Crippen LogP contribution >= 0.6 is 35.5 Å². The van der Waals surface area contributed by atoms with Crippen LogP contribution in [0.2, 0.25) is 0 Å². The number of nitrogens with zero attached hydrogens (tertiary/aromatic N) is 7. The average molecular weight is 555 g/mol. The summed E-state index contributed by atoms with van der Waals surface area (Å²) in [5, 5.41) is 4.50. The highest BCUT2D eigenvalue weighted by atomic mass is 127. The maximum absolute atomic E-state index is 4.91. The Morgan fingerprint density at radius 2 is 1.90 bits per heavy atom. The number of anilines is 1. The molecule has 0 amide bonds. The fraction of sp³-hybridized carbons (Fsp3) is 0.524. The number of para-hydroxylation sites is 2. The fourth-order valence-electron chi connectivity index (χ4n) is 3.79. The van der Waals surface area contributed by atoms with Gasteiger partial charge in [0.1, 0.15) is 11.6 Å². The van der Waals surface area contributed by atoms with Crippen LogP contribution in [0.5, 0.6) is 0 Å². The molecule has 0 atom stereocenters. The van der Waals surface area contributed by atoms with E-state index in [9.17, 15) is 0 Å². The molecule has 1 N–H and O–H groups in total. The molecule has 0 saturated carbocycles. The zero-order valence-electron chi connectivity index (χ0n) is 18.4. The number of hydrogen-bond acceptors (Lipinski definition) is 6. The van der Waals surface area contributed by atoms with Crippen molar-refractivity contribution < 1.29 is 0 Å². The predicted octanol–water partition coefficient (Wildman–Crippen LogP) is 3.16. The Morgan fingerprint density at radius 3 is 2.61 bits per heavy atom. The second kappa shape index (κ2) is 11.1. The van der Waals surface area contributed by atoms with E-state index >= 15 is 0 Å². The Bertz CT molecular complexity index is 1010. The summed E-state index contributed by atoms with van der Waals surface area (Å²) < 4.78 is 6.67. The topological polar surface area (TPSA) is 74.5 Å². The summed E-state index contributed by atoms with van der Waals surface area (Å²) in [6.07, 6.45) is 0.888. The number of hydrogen-bond donors (Lipinski definition) is 1. The van der Waals surface area contributed by atoms with Crippen molar-refractivity contribution in [2.75, 3.05) is 44.2 Å². The molecular formula is C21H31IN8S. The number of guanidine groups is 1. The SMILES string of the molecule is CCNC(=NCCn1c(C)nc2ccccc21)N1CCN(c2nc(CC)ns2)CC1.I. The molecule has 1 fully saturated rings. The molecule has 0 aliphatic carbocycles. The van der Waals surface area contributed by atoms with E-state index in [4.69, 9.17) is 4.99 Å². The fourth-order valence-corrected chi connectivity index (χ4v) is 4.59. The number of aromatic nitrogens is 4. The van der Waals surface area contributed by atoms with Gasteiger partial charge in [-0.2, -0.15) is 4.37 Å². The number of rotatable bonds is 6. The summed E-state index contributed by atoms with van der Waals surface area (Å²) in [7, 11) is 0. The molecule has 0 radical (unpaired) electrons. The Kier molecular flexibility index (Phi) is 8.47. The van der Waals surface area contributed by atoms with Gasteiger partial charge >= 0.3 is 0 Å². The van der Waals surface area contributed by atoms with Crippen molar-refractivity contribution in [3.8, 4) is 0 Å². The van der Waals surface area contributed by atoms with Gasteiger partial charge in [0.2, 0.25) is 5.13 Å². The lowest BCUT2D eigenvalue weighted by Gasteiger charge is -2.36. The molecule has 1 saturated heterocycles. The highest BCUT2D eigenvalue weighted by Gasteiger charge is 2.22. The van der Waals surface area contributed by atoms with E-state index < -0.39 is 0 Å². The van der Waals surface area contributed by atoms with E-state index in [2.05, 4.69) is 73.0 Å². The standard InChI is InChI=1S/C21H30N8S.HI/c1-4-19-25-21(30-26-19)28-14-12-27(13-15-28)20(22-5-2)23-10-11-29-16(3)24-17-8-6-7-9-18(17)29;/h6-9H,4-5,10-15H2,1-3H3,(H,22,23);1H. The van der Waals surface area contributed by atoms with Crippen LogP contribution in [0.4, 0.5) is 5.13 Å². The lowest BCUT2D eigenvalue weighted by Crippen LogP contribution is -2.52. The first-order chi connectivity index (χ1) is 14.7. The normalized spacial score (nSPS) is 14.7. The third-order valence-corrected chi connectivity index (χ3v) is 6.20. The van der Waals surface area contributed by atoms with E-state index in [-0.39, 0.29) is 24.0 Å². The Balaban J connectivity index is 0.00000272. The minimum Gasteiger partial charge on any atom is -0.357 e. The van der Waals surface area contributed by atoms with Crippen LogP contribution in [0.1, 0.15) is 25.5 Å². The Morgan fingerprint density at radius 1 is 1.13 bits per heavy atom. The molecule has 1 aliphatic heterocycles. The quantitative estimate of drug-likeness (QED) is 0.287. The van der Waals surface area contributed by atoms with Crippen LogP contribution in [0, 0.1) is 6.92 Å². The zero-order valence-corrected chi connectivity index (χ0v) is 21.6. The molecule has 10 heteroatoms. The van der Waals surface area contributed by atoms with Crippen molar-refractivity contribution in [3.63, 3.8) is 0 Å². The van der Waals surface area contributed by atoms with Gasteiger partial charge in [0.15, 0.2) is 5.96 Å². The molecule has 1 aliphatic rings. The van der Waals surface area contributed by atoms with E-state index in [1.807, 2.05) is 6.07 Å². The summed E-state index contributed by atoms with van der Waals surface area (Å²) in [6.45, 7) is 12.4. The van der Waals surface area contributed by atoms with Gasteiger partial charge in [-0.05, 0) is 26.0 Å². The monoisotopic (exact) mass is 554 g/mol. The number of piperazine rings is 1. The highest BCUT2D eigenvalue weighted by Crippen LogP contribution is 2.19. The van der Waals surface area contributed by atoms with Crippen LogP contribution in [0.15, 0.2) is 29.3 Å². The van der Waals surface area contributed by atoms with Gasteiger partial charge in [0.05, 0.1) is 17.6 Å². The van der Waals surface area contributed by atoms with Crippen LogP contribution in [0.25, 0.3) is 11.0 Å². The number of imidazole rings is 1. The van der Waals surface area contributed by atoms with Crippen molar-refractivity contribution in [2.24, 2.45) is 4.99 Å². The van der Waals surface area contributed by atoms with Crippen molar-refractivity contribution in [1.29, 1.82) is 0 Å². The van der Waals surface area contributed by atoms with E-state index in [1.54, 1.807) is 0 Å². The molecule has 31 heavy (non-hydrogen) atoms. The van der Waals surface area contributed by atoms with Gasteiger partial charge in [-0.25, -0.2) is 9.97 Å². The zero-order chi connectivity index (χ0) is 20.9. The minimum absolute atomic E-state index is 0. The summed E-state index contributed by atoms with van der Waals surface area (Å²) in [5.74, 6) is 2.97. The van der Waals surface area contributed by atoms with Gasteiger partial charge in [0, 0.05) is 57.2 Å². The van der Waals surface area contributed by atoms with Crippen LogP contribution in [-0.4, -0.2) is 69.0 Å². The molecule has 4 rings (SSSR count). The summed E-state index contributed by atoms with van der Waals surface area (Å²) in [6, 6.07) is 8.28. The number of aliphatic imine (C=N–C) groups is 1. The van der Waals surface area contributed by atoms with E-state index in [1.165, 1.54) is 17.0 Å². The maximum Gasteiger partial charge on any atom is 0.205 e. The third-order valence-electron chi connectivity index (χ3n) is 5.39. The molecule has 3 aromatic rings. The molecule has 8 nitrogen and oxygen atoms in total. The Labute approximate surface area is 205 Å². The first kappa shape index (κ1) is 23.7. The van der Waals surface area contributed by atoms with Gasteiger partial charge < -0.3 is 19.7 Å². The predicted molar refractivity (Wildman–Crippen MR) is 139 cm³/mol. The number of fused-ring (bicyclic) bond motifs is 1. The average Bonchev–Trinajstić information content (AvgIpc) is 3.38. The van der Waals surface area contributed by atoms with Gasteiger partial charge in [-0.15, -0.1) is 24.0 Å². The first-order valence-corrected chi connectivity index (χ1v) is 11.5. The van der Waals surface area contributed by atoms with Crippen molar-refractivity contribution in [1.82, 2.24) is 29.1 Å². The molecular weight excluding hydrogens is 523 g/mol. The largest absolute Gasteiger partial charge is 0.357 e. The smallest absolute Gasteiger partial charge is 0.205 e. The molecule has 2 aromatic heterocycles. The molecule has 1 aromatic carbocycles. The summed E-state index contributed by atoms with van der Waals surface area (Å²) in [5.41, 5.74) is 2.22. The van der Waals surface area contributed by atoms with Crippen LogP contribution < -0.4 is 10.2 Å². The molecule has 3 heterocycles. The lowest BCUT2D eigenvalue weighted by molar-refractivity contribution is 0.372. The minimum atomic E-state index is 0. The van der Waals surface area contributed by atoms with E-state index in [0.717, 1.165) is 80.5 Å². The second-order valence-corrected chi connectivity index (χ2v) is 8.09. The number of aryl methyl sites for hydroxylation is 2.